The van der Waals surface area contributed by atoms with Gasteiger partial charge < -0.3 is 5.32 Å². The van der Waals surface area contributed by atoms with Gasteiger partial charge in [-0.2, -0.15) is 4.72 Å². The van der Waals surface area contributed by atoms with Crippen molar-refractivity contribution in [3.05, 3.63) is 92.4 Å². The first-order valence-corrected chi connectivity index (χ1v) is 11.9. The van der Waals surface area contributed by atoms with Crippen LogP contribution >= 0.6 is 46.4 Å². The number of nitrogens with one attached hydrogen (secondary N) is 2. The standard InChI is InChI=1S/C21H16Cl4N2O3S/c22-14-7-9-18(17(25)11-14)26-21(28)19(10-13-4-2-1-3-5-13)27-31(29,30)20-12-15(23)6-8-16(20)24/h1-9,11-12,19,27H,10H2,(H,26,28)/t19-/m1/s1. The van der Waals surface area contributed by atoms with Crippen molar-refractivity contribution in [3.63, 3.8) is 0 Å². The molecule has 0 aliphatic heterocycles. The van der Waals surface area contributed by atoms with Crippen molar-refractivity contribution >= 4 is 68.0 Å². The Bertz CT molecular complexity index is 1200. The fourth-order valence-corrected chi connectivity index (χ4v) is 5.20. The summed E-state index contributed by atoms with van der Waals surface area (Å²) in [4.78, 5) is 12.8. The van der Waals surface area contributed by atoms with Crippen molar-refractivity contribution in [2.24, 2.45) is 0 Å². The number of benzene rings is 3. The minimum absolute atomic E-state index is 0.0171. The minimum atomic E-state index is -4.17. The molecule has 0 aliphatic rings. The largest absolute Gasteiger partial charge is 0.323 e. The molecule has 0 spiro atoms. The molecule has 10 heteroatoms. The molecular formula is C21H16Cl4N2O3S. The highest BCUT2D eigenvalue weighted by Crippen LogP contribution is 2.27. The van der Waals surface area contributed by atoms with E-state index in [-0.39, 0.29) is 26.4 Å². The highest BCUT2D eigenvalue weighted by Gasteiger charge is 2.28. The van der Waals surface area contributed by atoms with Gasteiger partial charge in [-0.3, -0.25) is 4.79 Å². The van der Waals surface area contributed by atoms with Crippen LogP contribution in [-0.2, 0) is 21.2 Å². The summed E-state index contributed by atoms with van der Waals surface area (Å²) in [6.45, 7) is 0. The molecule has 5 nitrogen and oxygen atoms in total. The molecular weight excluding hydrogens is 502 g/mol. The van der Waals surface area contributed by atoms with E-state index in [2.05, 4.69) is 10.0 Å². The first-order valence-electron chi connectivity index (χ1n) is 8.93. The number of hydrogen-bond donors (Lipinski definition) is 2. The van der Waals surface area contributed by atoms with Crippen LogP contribution in [0, 0.1) is 0 Å². The van der Waals surface area contributed by atoms with Gasteiger partial charge >= 0.3 is 0 Å². The van der Waals surface area contributed by atoms with Crippen LogP contribution in [0.2, 0.25) is 20.1 Å². The lowest BCUT2D eigenvalue weighted by Crippen LogP contribution is -2.45. The van der Waals surface area contributed by atoms with Gasteiger partial charge in [0.2, 0.25) is 15.9 Å². The summed E-state index contributed by atoms with van der Waals surface area (Å²) in [5, 5.41) is 3.45. The first-order chi connectivity index (χ1) is 14.7. The molecule has 3 aromatic rings. The van der Waals surface area contributed by atoms with Gasteiger partial charge in [-0.1, -0.05) is 76.7 Å². The summed E-state index contributed by atoms with van der Waals surface area (Å²) in [7, 11) is -4.17. The van der Waals surface area contributed by atoms with Crippen molar-refractivity contribution in [2.45, 2.75) is 17.4 Å². The number of hydrogen-bond acceptors (Lipinski definition) is 3. The third kappa shape index (κ3) is 6.35. The van der Waals surface area contributed by atoms with Crippen molar-refractivity contribution in [2.75, 3.05) is 5.32 Å². The quantitative estimate of drug-likeness (QED) is 0.414. The van der Waals surface area contributed by atoms with Crippen molar-refractivity contribution in [1.29, 1.82) is 0 Å². The second-order valence-electron chi connectivity index (χ2n) is 6.55. The molecule has 3 aromatic carbocycles. The average molecular weight is 518 g/mol. The number of anilines is 1. The number of sulfonamides is 1. The number of rotatable bonds is 7. The fraction of sp³-hybridized carbons (Fsp3) is 0.0952. The van der Waals surface area contributed by atoms with Gasteiger partial charge in [0.15, 0.2) is 0 Å². The SMILES string of the molecule is O=C(Nc1ccc(Cl)cc1Cl)[C@@H](Cc1ccccc1)NS(=O)(=O)c1cc(Cl)ccc1Cl. The molecule has 0 bridgehead atoms. The maximum atomic E-state index is 13.0. The van der Waals surface area contributed by atoms with Gasteiger partial charge in [-0.15, -0.1) is 0 Å². The predicted molar refractivity (Wildman–Crippen MR) is 126 cm³/mol. The lowest BCUT2D eigenvalue weighted by Gasteiger charge is -2.20. The minimum Gasteiger partial charge on any atom is -0.323 e. The van der Waals surface area contributed by atoms with Gasteiger partial charge in [0.25, 0.3) is 0 Å². The molecule has 0 unspecified atom stereocenters. The van der Waals surface area contributed by atoms with Crippen LogP contribution in [0.5, 0.6) is 0 Å². The van der Waals surface area contributed by atoms with Crippen molar-refractivity contribution in [1.82, 2.24) is 4.72 Å². The molecule has 0 saturated heterocycles. The number of carbonyl (C=O) groups excluding carboxylic acids is 1. The van der Waals surface area contributed by atoms with Gasteiger partial charge in [0, 0.05) is 10.0 Å². The summed E-state index contributed by atoms with van der Waals surface area (Å²) >= 11 is 24.0. The zero-order valence-corrected chi connectivity index (χ0v) is 19.6. The van der Waals surface area contributed by atoms with E-state index < -0.39 is 22.0 Å². The maximum Gasteiger partial charge on any atom is 0.242 e. The molecule has 1 atom stereocenters. The van der Waals surface area contributed by atoms with Crippen LogP contribution < -0.4 is 10.0 Å². The molecule has 0 aromatic heterocycles. The van der Waals surface area contributed by atoms with Crippen molar-refractivity contribution < 1.29 is 13.2 Å². The Labute approximate surface area is 200 Å². The summed E-state index contributed by atoms with van der Waals surface area (Å²) in [5.41, 5.74) is 1.05. The molecule has 0 fully saturated rings. The normalized spacial score (nSPS) is 12.4. The number of amides is 1. The molecule has 1 amide bonds. The highest BCUT2D eigenvalue weighted by molar-refractivity contribution is 7.89. The van der Waals surface area contributed by atoms with Gasteiger partial charge in [-0.05, 0) is 48.4 Å². The lowest BCUT2D eigenvalue weighted by atomic mass is 10.1. The molecule has 2 N–H and O–H groups in total. The van der Waals surface area contributed by atoms with E-state index in [1.807, 2.05) is 6.07 Å². The van der Waals surface area contributed by atoms with Crippen LogP contribution in [0.15, 0.2) is 71.6 Å². The summed E-state index contributed by atoms with van der Waals surface area (Å²) in [6.07, 6.45) is 0.0926. The van der Waals surface area contributed by atoms with Crippen molar-refractivity contribution in [3.8, 4) is 0 Å². The van der Waals surface area contributed by atoms with Gasteiger partial charge in [-0.25, -0.2) is 8.42 Å². The Hall–Kier alpha value is -1.80. The van der Waals surface area contributed by atoms with E-state index in [1.54, 1.807) is 30.3 Å². The Morgan fingerprint density at radius 2 is 1.48 bits per heavy atom. The summed E-state index contributed by atoms with van der Waals surface area (Å²) < 4.78 is 28.4. The Kier molecular flexibility index (Phi) is 7.86. The van der Waals surface area contributed by atoms with E-state index in [0.29, 0.717) is 10.7 Å². The van der Waals surface area contributed by atoms with Crippen LogP contribution in [0.1, 0.15) is 5.56 Å². The molecule has 3 rings (SSSR count). The van der Waals surface area contributed by atoms with E-state index >= 15 is 0 Å². The van der Waals surface area contributed by atoms with Crippen LogP contribution in [0.25, 0.3) is 0 Å². The van der Waals surface area contributed by atoms with Crippen LogP contribution in [0.4, 0.5) is 5.69 Å². The lowest BCUT2D eigenvalue weighted by molar-refractivity contribution is -0.117. The fourth-order valence-electron chi connectivity index (χ4n) is 2.78. The van der Waals surface area contributed by atoms with E-state index in [0.717, 1.165) is 5.56 Å². The Morgan fingerprint density at radius 3 is 2.16 bits per heavy atom. The third-order valence-corrected chi connectivity index (χ3v) is 7.00. The highest BCUT2D eigenvalue weighted by atomic mass is 35.5. The molecule has 31 heavy (non-hydrogen) atoms. The zero-order chi connectivity index (χ0) is 22.6. The Morgan fingerprint density at radius 1 is 0.839 bits per heavy atom. The van der Waals surface area contributed by atoms with Crippen LogP contribution in [-0.4, -0.2) is 20.4 Å². The molecule has 0 saturated carbocycles. The number of carbonyl (C=O) groups is 1. The second kappa shape index (κ2) is 10.2. The second-order valence-corrected chi connectivity index (χ2v) is 9.92. The van der Waals surface area contributed by atoms with E-state index in [1.165, 1.54) is 30.3 Å². The van der Waals surface area contributed by atoms with Crippen LogP contribution in [0.3, 0.4) is 0 Å². The molecule has 0 heterocycles. The van der Waals surface area contributed by atoms with Gasteiger partial charge in [0.05, 0.1) is 15.7 Å². The summed E-state index contributed by atoms with van der Waals surface area (Å²) in [5.74, 6) is -0.602. The smallest absolute Gasteiger partial charge is 0.242 e. The molecule has 0 aliphatic carbocycles. The first kappa shape index (κ1) is 23.9. The maximum absolute atomic E-state index is 13.0. The zero-order valence-electron chi connectivity index (χ0n) is 15.8. The monoisotopic (exact) mass is 516 g/mol. The number of halogens is 4. The Balaban J connectivity index is 1.92. The van der Waals surface area contributed by atoms with E-state index in [4.69, 9.17) is 46.4 Å². The summed E-state index contributed by atoms with van der Waals surface area (Å²) in [6, 6.07) is 16.5. The van der Waals surface area contributed by atoms with E-state index in [9.17, 15) is 13.2 Å². The molecule has 162 valence electrons. The average Bonchev–Trinajstić information content (AvgIpc) is 2.72. The topological polar surface area (TPSA) is 75.3 Å². The van der Waals surface area contributed by atoms with Gasteiger partial charge in [0.1, 0.15) is 10.9 Å². The molecule has 0 radical (unpaired) electrons. The predicted octanol–water partition coefficient (Wildman–Crippen LogP) is 5.83. The third-order valence-electron chi connectivity index (χ3n) is 4.27.